The fourth-order valence-corrected chi connectivity index (χ4v) is 2.29. The van der Waals surface area contributed by atoms with Crippen molar-refractivity contribution in [2.24, 2.45) is 0 Å². The molecule has 0 saturated heterocycles. The number of rotatable bonds is 4. The minimum Gasteiger partial charge on any atom is -0.478 e. The number of benzene rings is 1. The number of aromatic carboxylic acids is 1. The van der Waals surface area contributed by atoms with Gasteiger partial charge in [0.25, 0.3) is 9.05 Å². The van der Waals surface area contributed by atoms with Gasteiger partial charge in [0.1, 0.15) is 0 Å². The minimum atomic E-state index is -4.27. The van der Waals surface area contributed by atoms with Crippen molar-refractivity contribution in [2.75, 3.05) is 0 Å². The molecule has 0 heterocycles. The van der Waals surface area contributed by atoms with Crippen molar-refractivity contribution in [3.63, 3.8) is 0 Å². The van der Waals surface area contributed by atoms with Gasteiger partial charge in [0.05, 0.1) is 10.5 Å². The van der Waals surface area contributed by atoms with Gasteiger partial charge in [-0.05, 0) is 12.1 Å². The van der Waals surface area contributed by atoms with E-state index >= 15 is 0 Å². The summed E-state index contributed by atoms with van der Waals surface area (Å²) >= 11 is 0. The largest absolute Gasteiger partial charge is 0.478 e. The molecular weight excluding hydrogens is 274 g/mol. The first-order valence-corrected chi connectivity index (χ1v) is 6.45. The first-order chi connectivity index (χ1) is 7.71. The van der Waals surface area contributed by atoms with E-state index in [1.165, 1.54) is 0 Å². The molecule has 0 fully saturated rings. The van der Waals surface area contributed by atoms with Crippen LogP contribution < -0.4 is 0 Å². The molecule has 1 rings (SSSR count). The van der Waals surface area contributed by atoms with Crippen LogP contribution in [0.25, 0.3) is 0 Å². The van der Waals surface area contributed by atoms with E-state index in [2.05, 4.69) is 0 Å². The Hall–Kier alpha value is -1.67. The fourth-order valence-electron chi connectivity index (χ4n) is 1.19. The topological polar surface area (TPSA) is 115 Å². The molecule has 92 valence electrons. The summed E-state index contributed by atoms with van der Waals surface area (Å²) in [5.74, 6) is -1.48. The molecule has 0 spiro atoms. The smallest absolute Gasteiger partial charge is 0.337 e. The summed E-state index contributed by atoms with van der Waals surface area (Å²) in [6.07, 6.45) is 0. The van der Waals surface area contributed by atoms with Gasteiger partial charge in [-0.25, -0.2) is 13.2 Å². The van der Waals surface area contributed by atoms with Gasteiger partial charge in [0, 0.05) is 21.2 Å². The van der Waals surface area contributed by atoms with Crippen LogP contribution in [-0.4, -0.2) is 24.4 Å². The van der Waals surface area contributed by atoms with E-state index in [9.17, 15) is 23.3 Å². The van der Waals surface area contributed by atoms with E-state index in [-0.39, 0.29) is 5.56 Å². The van der Waals surface area contributed by atoms with Gasteiger partial charge in [0.15, 0.2) is 0 Å². The van der Waals surface area contributed by atoms with Gasteiger partial charge in [-0.1, -0.05) is 6.07 Å². The molecule has 0 unspecified atom stereocenters. The number of carboxylic acids is 1. The predicted molar refractivity (Wildman–Crippen MR) is 57.1 cm³/mol. The Morgan fingerprint density at radius 3 is 2.47 bits per heavy atom. The lowest BCUT2D eigenvalue weighted by Gasteiger charge is -2.03. The third kappa shape index (κ3) is 3.40. The molecule has 0 aliphatic carbocycles. The highest BCUT2D eigenvalue weighted by Gasteiger charge is 2.21. The highest BCUT2D eigenvalue weighted by Crippen LogP contribution is 2.22. The van der Waals surface area contributed by atoms with Crippen LogP contribution in [0.4, 0.5) is 0 Å². The lowest BCUT2D eigenvalue weighted by Crippen LogP contribution is -2.07. The zero-order chi connectivity index (χ0) is 13.2. The Bertz CT molecular complexity index is 582. The number of nitro groups is 1. The number of carboxylic acid groups (broad SMARTS) is 1. The molecule has 7 nitrogen and oxygen atoms in total. The van der Waals surface area contributed by atoms with Crippen molar-refractivity contribution < 1.29 is 23.2 Å². The second kappa shape index (κ2) is 4.68. The summed E-state index contributed by atoms with van der Waals surface area (Å²) in [5.41, 5.74) is -0.466. The van der Waals surface area contributed by atoms with Crippen LogP contribution in [0.5, 0.6) is 0 Å². The second-order valence-corrected chi connectivity index (χ2v) is 5.60. The van der Waals surface area contributed by atoms with Crippen LogP contribution in [0.1, 0.15) is 15.9 Å². The van der Waals surface area contributed by atoms with Crippen molar-refractivity contribution in [2.45, 2.75) is 11.4 Å². The molecule has 0 aliphatic heterocycles. The standard InChI is InChI=1S/C8H6ClNO6S/c9-17(15,16)7-3-5(4-10(13)14)1-2-6(7)8(11)12/h1-3H,4H2,(H,11,12). The molecule has 17 heavy (non-hydrogen) atoms. The van der Waals surface area contributed by atoms with Crippen molar-refractivity contribution in [1.82, 2.24) is 0 Å². The quantitative estimate of drug-likeness (QED) is 0.501. The Kier molecular flexibility index (Phi) is 3.69. The molecule has 0 amide bonds. The third-order valence-corrected chi connectivity index (χ3v) is 3.21. The maximum absolute atomic E-state index is 11.1. The molecule has 0 atom stereocenters. The lowest BCUT2D eigenvalue weighted by atomic mass is 10.1. The maximum Gasteiger partial charge on any atom is 0.337 e. The third-order valence-electron chi connectivity index (χ3n) is 1.85. The monoisotopic (exact) mass is 279 g/mol. The normalized spacial score (nSPS) is 11.1. The average molecular weight is 280 g/mol. The van der Waals surface area contributed by atoms with Gasteiger partial charge in [-0.3, -0.25) is 10.1 Å². The van der Waals surface area contributed by atoms with Crippen LogP contribution in [0.2, 0.25) is 0 Å². The van der Waals surface area contributed by atoms with E-state index in [1.54, 1.807) is 0 Å². The summed E-state index contributed by atoms with van der Waals surface area (Å²) in [6.45, 7) is -0.612. The Morgan fingerprint density at radius 2 is 2.06 bits per heavy atom. The van der Waals surface area contributed by atoms with Gasteiger partial charge in [-0.15, -0.1) is 0 Å². The first kappa shape index (κ1) is 13.4. The number of halogens is 1. The van der Waals surface area contributed by atoms with Gasteiger partial charge >= 0.3 is 5.97 Å². The summed E-state index contributed by atoms with van der Waals surface area (Å²) < 4.78 is 22.3. The van der Waals surface area contributed by atoms with Gasteiger partial charge in [-0.2, -0.15) is 0 Å². The van der Waals surface area contributed by atoms with Crippen molar-refractivity contribution in [3.05, 3.63) is 39.4 Å². The molecule has 1 N–H and O–H groups in total. The van der Waals surface area contributed by atoms with Crippen molar-refractivity contribution in [3.8, 4) is 0 Å². The fraction of sp³-hybridized carbons (Fsp3) is 0.125. The Labute approximate surface area is 100 Å². The molecule has 1 aromatic carbocycles. The Morgan fingerprint density at radius 1 is 1.47 bits per heavy atom. The molecule has 0 bridgehead atoms. The van der Waals surface area contributed by atoms with Crippen LogP contribution >= 0.6 is 10.7 Å². The Balaban J connectivity index is 3.40. The van der Waals surface area contributed by atoms with E-state index < -0.39 is 36.9 Å². The molecule has 0 aliphatic rings. The van der Waals surface area contributed by atoms with Crippen LogP contribution in [0, 0.1) is 10.1 Å². The molecule has 0 radical (unpaired) electrons. The van der Waals surface area contributed by atoms with E-state index in [1.807, 2.05) is 0 Å². The first-order valence-electron chi connectivity index (χ1n) is 4.14. The highest BCUT2D eigenvalue weighted by molar-refractivity contribution is 8.13. The summed E-state index contributed by atoms with van der Waals surface area (Å²) in [6, 6.07) is 3.02. The van der Waals surface area contributed by atoms with E-state index in [0.29, 0.717) is 0 Å². The summed E-state index contributed by atoms with van der Waals surface area (Å²) in [4.78, 5) is 19.7. The van der Waals surface area contributed by atoms with Crippen LogP contribution in [0.3, 0.4) is 0 Å². The van der Waals surface area contributed by atoms with E-state index in [4.69, 9.17) is 15.8 Å². The molecule has 0 aromatic heterocycles. The lowest BCUT2D eigenvalue weighted by molar-refractivity contribution is -0.496. The summed E-state index contributed by atoms with van der Waals surface area (Å²) in [7, 11) is 0.787. The molecule has 0 saturated carbocycles. The zero-order valence-corrected chi connectivity index (χ0v) is 9.73. The average Bonchev–Trinajstić information content (AvgIpc) is 2.14. The summed E-state index contributed by atoms with van der Waals surface area (Å²) in [5, 5.41) is 19.0. The minimum absolute atomic E-state index is 0.0548. The second-order valence-electron chi connectivity index (χ2n) is 3.06. The van der Waals surface area contributed by atoms with Crippen LogP contribution in [0.15, 0.2) is 23.1 Å². The molecule has 9 heteroatoms. The number of hydrogen-bond acceptors (Lipinski definition) is 5. The highest BCUT2D eigenvalue weighted by atomic mass is 35.7. The van der Waals surface area contributed by atoms with E-state index in [0.717, 1.165) is 18.2 Å². The predicted octanol–water partition coefficient (Wildman–Crippen LogP) is 1.09. The maximum atomic E-state index is 11.1. The number of hydrogen-bond donors (Lipinski definition) is 1. The SMILES string of the molecule is O=C(O)c1ccc(C[N+](=O)[O-])cc1S(=O)(=O)Cl. The number of nitrogens with zero attached hydrogens (tertiary/aromatic N) is 1. The zero-order valence-electron chi connectivity index (χ0n) is 8.16. The van der Waals surface area contributed by atoms with Gasteiger partial charge < -0.3 is 5.11 Å². The number of carbonyl (C=O) groups is 1. The molecule has 1 aromatic rings. The van der Waals surface area contributed by atoms with Crippen molar-refractivity contribution >= 4 is 25.7 Å². The molecular formula is C8H6ClNO6S. The van der Waals surface area contributed by atoms with Crippen LogP contribution in [-0.2, 0) is 15.6 Å². The van der Waals surface area contributed by atoms with Crippen molar-refractivity contribution in [1.29, 1.82) is 0 Å². The van der Waals surface area contributed by atoms with Gasteiger partial charge in [0.2, 0.25) is 6.54 Å².